The van der Waals surface area contributed by atoms with E-state index in [1.807, 2.05) is 0 Å². The van der Waals surface area contributed by atoms with Crippen LogP contribution in [0.5, 0.6) is 0 Å². The molecule has 0 aromatic carbocycles. The highest BCUT2D eigenvalue weighted by Crippen LogP contribution is 2.33. The molecule has 0 radical (unpaired) electrons. The van der Waals surface area contributed by atoms with Gasteiger partial charge in [0, 0.05) is 31.2 Å². The van der Waals surface area contributed by atoms with Crippen molar-refractivity contribution < 1.29 is 4.43 Å². The van der Waals surface area contributed by atoms with Crippen molar-refractivity contribution in [1.29, 1.82) is 0 Å². The average molecular weight is 315 g/mol. The second kappa shape index (κ2) is 7.01. The summed E-state index contributed by atoms with van der Waals surface area (Å²) in [5.41, 5.74) is 2.23. The summed E-state index contributed by atoms with van der Waals surface area (Å²) < 4.78 is 6.58. The summed E-state index contributed by atoms with van der Waals surface area (Å²) in [4.78, 5) is 0. The minimum atomic E-state index is -0.183. The first-order valence-corrected chi connectivity index (χ1v) is 21.1. The first kappa shape index (κ1) is 13.8. The van der Waals surface area contributed by atoms with Gasteiger partial charge in [0.2, 0.25) is 0 Å². The van der Waals surface area contributed by atoms with Crippen LogP contribution in [0.1, 0.15) is 64.2 Å². The van der Waals surface area contributed by atoms with E-state index < -0.39 is 0 Å². The first-order chi connectivity index (χ1) is 8.93. The maximum absolute atomic E-state index is 6.58. The van der Waals surface area contributed by atoms with Crippen LogP contribution in [0.15, 0.2) is 0 Å². The topological polar surface area (TPSA) is 9.23 Å². The van der Waals surface area contributed by atoms with Crippen LogP contribution in [0.2, 0.25) is 5.54 Å². The molecule has 1 nitrogen and oxygen atoms in total. The van der Waals surface area contributed by atoms with Crippen molar-refractivity contribution in [1.82, 2.24) is 0 Å². The van der Waals surface area contributed by atoms with Gasteiger partial charge < -0.3 is 4.43 Å². The third-order valence-electron chi connectivity index (χ3n) is 5.84. The van der Waals surface area contributed by atoms with E-state index >= 15 is 0 Å². The lowest BCUT2D eigenvalue weighted by molar-refractivity contribution is 0.181. The number of hydrogen-bond acceptors (Lipinski definition) is 1. The maximum atomic E-state index is 6.58. The zero-order valence-corrected chi connectivity index (χ0v) is 17.3. The van der Waals surface area contributed by atoms with Crippen LogP contribution in [0.25, 0.3) is 0 Å². The zero-order chi connectivity index (χ0) is 12.2. The molecule has 2 aliphatic carbocycles. The second-order valence-corrected chi connectivity index (χ2v) is 31.5. The molecule has 2 atom stereocenters. The van der Waals surface area contributed by atoms with Gasteiger partial charge >= 0.3 is 0 Å². The van der Waals surface area contributed by atoms with Gasteiger partial charge in [0.25, 0.3) is 0 Å². The Morgan fingerprint density at radius 1 is 0.833 bits per heavy atom. The minimum Gasteiger partial charge on any atom is -0.429 e. The predicted octanol–water partition coefficient (Wildman–Crippen LogP) is 0.814. The Morgan fingerprint density at radius 2 is 1.50 bits per heavy atom. The van der Waals surface area contributed by atoms with Gasteiger partial charge in [0.05, 0.1) is 0 Å². The monoisotopic (exact) mass is 314 g/mol. The molecule has 2 unspecified atom stereocenters. The Labute approximate surface area is 120 Å². The lowest BCUT2D eigenvalue weighted by atomic mass is 9.90. The molecule has 2 saturated carbocycles. The average Bonchev–Trinajstić information content (AvgIpc) is 2.49. The van der Waals surface area contributed by atoms with E-state index in [0.29, 0.717) is 17.6 Å². The van der Waals surface area contributed by atoms with E-state index in [1.54, 1.807) is 32.1 Å². The summed E-state index contributed by atoms with van der Waals surface area (Å²) in [5, 5.41) is 0. The molecule has 5 heteroatoms. The van der Waals surface area contributed by atoms with Gasteiger partial charge in [0.1, 0.15) is 9.28 Å². The third kappa shape index (κ3) is 3.48. The third-order valence-corrected chi connectivity index (χ3v) is 45.5. The summed E-state index contributed by atoms with van der Waals surface area (Å²) in [5.74, 6) is 1.06. The van der Waals surface area contributed by atoms with Crippen LogP contribution in [0.3, 0.4) is 0 Å². The Balaban J connectivity index is 1.45. The van der Waals surface area contributed by atoms with E-state index in [4.69, 9.17) is 4.43 Å². The van der Waals surface area contributed by atoms with Crippen LogP contribution >= 0.6 is 0 Å². The highest BCUT2D eigenvalue weighted by atomic mass is 29.7. The molecule has 18 heavy (non-hydrogen) atoms. The minimum absolute atomic E-state index is 0.0205. The summed E-state index contributed by atoms with van der Waals surface area (Å²) in [6, 6.07) is 0. The summed E-state index contributed by atoms with van der Waals surface area (Å²) in [6.45, 7) is 0. The van der Waals surface area contributed by atoms with Crippen LogP contribution in [0, 0.1) is 5.92 Å². The van der Waals surface area contributed by atoms with E-state index in [0.717, 1.165) is 11.6 Å². The van der Waals surface area contributed by atoms with Gasteiger partial charge in [-0.05, 0) is 18.8 Å². The molecule has 0 aromatic rings. The Bertz CT molecular complexity index is 217. The summed E-state index contributed by atoms with van der Waals surface area (Å²) in [7, 11) is 0.636. The van der Waals surface area contributed by atoms with Crippen molar-refractivity contribution in [2.45, 2.75) is 75.5 Å². The van der Waals surface area contributed by atoms with Crippen molar-refractivity contribution in [3.05, 3.63) is 0 Å². The highest BCUT2D eigenvalue weighted by molar-refractivity contribution is 7.52. The SMILES string of the molecule is C1CCC(C2O[SiH2][SiH](C3CCCCC3)[SiH2][SiH2]2)CC1. The van der Waals surface area contributed by atoms with Gasteiger partial charge in [-0.25, -0.2) is 0 Å². The normalized spacial score (nSPS) is 40.7. The summed E-state index contributed by atoms with van der Waals surface area (Å²) >= 11 is 0. The predicted molar refractivity (Wildman–Crippen MR) is 91.1 cm³/mol. The van der Waals surface area contributed by atoms with Crippen LogP contribution in [-0.4, -0.2) is 40.4 Å². The first-order valence-electron chi connectivity index (χ1n) is 8.55. The van der Waals surface area contributed by atoms with Gasteiger partial charge in [-0.3, -0.25) is 0 Å². The molecule has 104 valence electrons. The molecule has 0 spiro atoms. The molecule has 3 rings (SSSR count). The quantitative estimate of drug-likeness (QED) is 0.686. The molecular weight excluding hydrogens is 284 g/mol. The molecule has 1 heterocycles. The highest BCUT2D eigenvalue weighted by Gasteiger charge is 2.34. The molecule has 0 N–H and O–H groups in total. The smallest absolute Gasteiger partial charge is 0.144 e. The molecule has 1 saturated heterocycles. The van der Waals surface area contributed by atoms with Crippen molar-refractivity contribution in [3.63, 3.8) is 0 Å². The molecule has 0 aromatic heterocycles. The van der Waals surface area contributed by atoms with Crippen LogP contribution in [0.4, 0.5) is 0 Å². The van der Waals surface area contributed by atoms with Crippen molar-refractivity contribution in [2.75, 3.05) is 0 Å². The van der Waals surface area contributed by atoms with Crippen LogP contribution < -0.4 is 0 Å². The molecule has 0 bridgehead atoms. The fraction of sp³-hybridized carbons (Fsp3) is 1.00. The molecule has 1 aliphatic heterocycles. The maximum Gasteiger partial charge on any atom is 0.144 e. The van der Waals surface area contributed by atoms with Gasteiger partial charge in [-0.1, -0.05) is 56.9 Å². The van der Waals surface area contributed by atoms with Gasteiger partial charge in [0.15, 0.2) is 0 Å². The lowest BCUT2D eigenvalue weighted by Crippen LogP contribution is -2.53. The Morgan fingerprint density at radius 3 is 2.11 bits per heavy atom. The molecule has 3 fully saturated rings. The van der Waals surface area contributed by atoms with Crippen LogP contribution in [-0.2, 0) is 4.43 Å². The standard InChI is InChI=1S/C13H30OSi4/c1-3-7-11(8-4-1)13-14-16-18(17-15-13)12-9-5-2-6-10-12/h11-13,18H,1-10,15-17H2. The van der Waals surface area contributed by atoms with E-state index in [2.05, 4.69) is 0 Å². The molecule has 3 aliphatic rings. The fourth-order valence-corrected chi connectivity index (χ4v) is 48.2. The van der Waals surface area contributed by atoms with E-state index in [9.17, 15) is 0 Å². The molecular formula is C13H30OSi4. The van der Waals surface area contributed by atoms with Gasteiger partial charge in [-0.15, -0.1) is 0 Å². The zero-order valence-electron chi connectivity index (χ0n) is 11.9. The molecule has 0 amide bonds. The van der Waals surface area contributed by atoms with E-state index in [1.165, 1.54) is 37.6 Å². The largest absolute Gasteiger partial charge is 0.429 e. The van der Waals surface area contributed by atoms with Crippen molar-refractivity contribution in [2.24, 2.45) is 5.92 Å². The number of hydrogen-bond donors (Lipinski definition) is 0. The lowest BCUT2D eigenvalue weighted by Gasteiger charge is -2.38. The second-order valence-electron chi connectivity index (χ2n) is 7.01. The number of rotatable bonds is 2. The van der Waals surface area contributed by atoms with Crippen molar-refractivity contribution >= 4 is 34.7 Å². The Hall–Kier alpha value is 0.828. The van der Waals surface area contributed by atoms with E-state index in [-0.39, 0.29) is 17.1 Å². The Kier molecular flexibility index (Phi) is 5.38. The van der Waals surface area contributed by atoms with Crippen molar-refractivity contribution in [3.8, 4) is 0 Å². The fourth-order valence-electron chi connectivity index (χ4n) is 4.65. The van der Waals surface area contributed by atoms with Gasteiger partial charge in [-0.2, -0.15) is 0 Å². The summed E-state index contributed by atoms with van der Waals surface area (Å²) in [6.07, 6.45) is 15.6.